The van der Waals surface area contributed by atoms with Crippen LogP contribution in [-0.2, 0) is 20.9 Å². The molecular formula is C21H30N2O5. The number of amides is 2. The first-order valence-corrected chi connectivity index (χ1v) is 10.0. The van der Waals surface area contributed by atoms with E-state index in [1.54, 1.807) is 18.9 Å². The molecule has 1 N–H and O–H groups in total. The molecule has 154 valence electrons. The summed E-state index contributed by atoms with van der Waals surface area (Å²) in [6, 6.07) is 5.70. The summed E-state index contributed by atoms with van der Waals surface area (Å²) in [4.78, 5) is 25.6. The lowest BCUT2D eigenvalue weighted by molar-refractivity contribution is -0.134. The number of rotatable bonds is 7. The molecule has 0 aromatic heterocycles. The zero-order valence-corrected chi connectivity index (χ0v) is 16.7. The monoisotopic (exact) mass is 390 g/mol. The Kier molecular flexibility index (Phi) is 7.14. The molecule has 1 aromatic carbocycles. The van der Waals surface area contributed by atoms with Gasteiger partial charge in [0.25, 0.3) is 0 Å². The summed E-state index contributed by atoms with van der Waals surface area (Å²) in [6.45, 7) is 4.63. The molecule has 1 aromatic rings. The SMILES string of the molecule is COc1cc(CNC(=O)C2CCN(C(C)=O)CC2)ccc1OC[C@H]1CCCO1. The molecular weight excluding hydrogens is 360 g/mol. The van der Waals surface area contributed by atoms with Crippen LogP contribution in [0.5, 0.6) is 11.5 Å². The minimum absolute atomic E-state index is 0.0356. The van der Waals surface area contributed by atoms with Gasteiger partial charge in [-0.05, 0) is 43.4 Å². The Hall–Kier alpha value is -2.28. The van der Waals surface area contributed by atoms with E-state index in [1.807, 2.05) is 18.2 Å². The molecule has 3 rings (SSSR count). The van der Waals surface area contributed by atoms with Gasteiger partial charge in [0.1, 0.15) is 6.61 Å². The highest BCUT2D eigenvalue weighted by atomic mass is 16.5. The number of likely N-dealkylation sites (tertiary alicyclic amines) is 1. The quantitative estimate of drug-likeness (QED) is 0.772. The van der Waals surface area contributed by atoms with Crippen LogP contribution >= 0.6 is 0 Å². The maximum Gasteiger partial charge on any atom is 0.223 e. The number of carbonyl (C=O) groups excluding carboxylic acids is 2. The van der Waals surface area contributed by atoms with Gasteiger partial charge in [-0.15, -0.1) is 0 Å². The standard InChI is InChI=1S/C21H30N2O5/c1-15(24)23-9-7-17(8-10-23)21(25)22-13-16-5-6-19(20(12-16)26-2)28-14-18-4-3-11-27-18/h5-6,12,17-18H,3-4,7-11,13-14H2,1-2H3,(H,22,25)/t18-/m1/s1. The van der Waals surface area contributed by atoms with Crippen LogP contribution in [-0.4, -0.2) is 56.2 Å². The maximum atomic E-state index is 12.4. The third-order valence-corrected chi connectivity index (χ3v) is 5.45. The van der Waals surface area contributed by atoms with Crippen molar-refractivity contribution < 1.29 is 23.8 Å². The summed E-state index contributed by atoms with van der Waals surface area (Å²) in [5.74, 6) is 1.42. The van der Waals surface area contributed by atoms with Crippen molar-refractivity contribution in [2.45, 2.75) is 45.3 Å². The summed E-state index contributed by atoms with van der Waals surface area (Å²) >= 11 is 0. The van der Waals surface area contributed by atoms with Crippen LogP contribution in [0, 0.1) is 5.92 Å². The summed E-state index contributed by atoms with van der Waals surface area (Å²) in [7, 11) is 1.61. The van der Waals surface area contributed by atoms with Crippen molar-refractivity contribution in [3.63, 3.8) is 0 Å². The van der Waals surface area contributed by atoms with Gasteiger partial charge >= 0.3 is 0 Å². The van der Waals surface area contributed by atoms with E-state index in [9.17, 15) is 9.59 Å². The van der Waals surface area contributed by atoms with Crippen LogP contribution in [0.25, 0.3) is 0 Å². The number of benzene rings is 1. The van der Waals surface area contributed by atoms with Crippen LogP contribution in [0.15, 0.2) is 18.2 Å². The third kappa shape index (κ3) is 5.38. The van der Waals surface area contributed by atoms with Crippen LogP contribution in [0.4, 0.5) is 0 Å². The number of hydrogen-bond donors (Lipinski definition) is 1. The number of ether oxygens (including phenoxy) is 3. The van der Waals surface area contributed by atoms with Crippen LogP contribution in [0.2, 0.25) is 0 Å². The number of carbonyl (C=O) groups is 2. The van der Waals surface area contributed by atoms with Gasteiger partial charge in [-0.2, -0.15) is 0 Å². The Labute approximate surface area is 166 Å². The van der Waals surface area contributed by atoms with Gasteiger partial charge in [0.05, 0.1) is 13.2 Å². The number of hydrogen-bond acceptors (Lipinski definition) is 5. The fourth-order valence-electron chi connectivity index (χ4n) is 3.69. The minimum atomic E-state index is -0.0356. The van der Waals surface area contributed by atoms with Crippen molar-refractivity contribution in [2.75, 3.05) is 33.4 Å². The first-order chi connectivity index (χ1) is 13.6. The molecule has 2 fully saturated rings. The molecule has 2 amide bonds. The van der Waals surface area contributed by atoms with Crippen LogP contribution in [0.3, 0.4) is 0 Å². The molecule has 0 radical (unpaired) electrons. The first kappa shape index (κ1) is 20.5. The average molecular weight is 390 g/mol. The number of methoxy groups -OCH3 is 1. The molecule has 0 unspecified atom stereocenters. The van der Waals surface area contributed by atoms with Crippen LogP contribution in [0.1, 0.15) is 38.2 Å². The highest BCUT2D eigenvalue weighted by molar-refractivity contribution is 5.79. The van der Waals surface area contributed by atoms with Gasteiger partial charge in [0, 0.05) is 39.1 Å². The fraction of sp³-hybridized carbons (Fsp3) is 0.619. The summed E-state index contributed by atoms with van der Waals surface area (Å²) in [5, 5.41) is 3.00. The Morgan fingerprint density at radius 3 is 2.64 bits per heavy atom. The van der Waals surface area contributed by atoms with Gasteiger partial charge in [0.2, 0.25) is 11.8 Å². The predicted octanol–water partition coefficient (Wildman–Crippen LogP) is 2.13. The predicted molar refractivity (Wildman–Crippen MR) is 104 cm³/mol. The van der Waals surface area contributed by atoms with Gasteiger partial charge in [0.15, 0.2) is 11.5 Å². The molecule has 1 atom stereocenters. The highest BCUT2D eigenvalue weighted by Crippen LogP contribution is 2.29. The Morgan fingerprint density at radius 1 is 1.21 bits per heavy atom. The normalized spacial score (nSPS) is 20.1. The van der Waals surface area contributed by atoms with E-state index in [0.29, 0.717) is 50.6 Å². The zero-order valence-electron chi connectivity index (χ0n) is 16.7. The highest BCUT2D eigenvalue weighted by Gasteiger charge is 2.25. The molecule has 7 nitrogen and oxygen atoms in total. The van der Waals surface area contributed by atoms with Gasteiger partial charge in [-0.25, -0.2) is 0 Å². The van der Waals surface area contributed by atoms with Crippen LogP contribution < -0.4 is 14.8 Å². The Balaban J connectivity index is 1.48. The van der Waals surface area contributed by atoms with E-state index in [1.165, 1.54) is 0 Å². The zero-order chi connectivity index (χ0) is 19.9. The summed E-state index contributed by atoms with van der Waals surface area (Å²) in [6.07, 6.45) is 3.68. The molecule has 2 saturated heterocycles. The Bertz CT molecular complexity index is 679. The average Bonchev–Trinajstić information content (AvgIpc) is 3.24. The topological polar surface area (TPSA) is 77.1 Å². The Morgan fingerprint density at radius 2 is 2.00 bits per heavy atom. The van der Waals surface area contributed by atoms with E-state index < -0.39 is 0 Å². The largest absolute Gasteiger partial charge is 0.493 e. The molecule has 28 heavy (non-hydrogen) atoms. The molecule has 0 bridgehead atoms. The molecule has 2 heterocycles. The molecule has 0 aliphatic carbocycles. The fourth-order valence-corrected chi connectivity index (χ4v) is 3.69. The van der Waals surface area contributed by atoms with E-state index in [4.69, 9.17) is 14.2 Å². The van der Waals surface area contributed by atoms with Gasteiger partial charge < -0.3 is 24.4 Å². The second kappa shape index (κ2) is 9.78. The van der Waals surface area contributed by atoms with Crippen molar-refractivity contribution in [2.24, 2.45) is 5.92 Å². The molecule has 0 saturated carbocycles. The number of nitrogens with zero attached hydrogens (tertiary/aromatic N) is 1. The molecule has 2 aliphatic rings. The van der Waals surface area contributed by atoms with Crippen molar-refractivity contribution >= 4 is 11.8 Å². The van der Waals surface area contributed by atoms with E-state index in [0.717, 1.165) is 25.0 Å². The second-order valence-electron chi connectivity index (χ2n) is 7.43. The smallest absolute Gasteiger partial charge is 0.223 e. The lowest BCUT2D eigenvalue weighted by atomic mass is 9.96. The van der Waals surface area contributed by atoms with E-state index >= 15 is 0 Å². The van der Waals surface area contributed by atoms with Crippen molar-refractivity contribution in [1.82, 2.24) is 10.2 Å². The number of piperidine rings is 1. The minimum Gasteiger partial charge on any atom is -0.493 e. The van der Waals surface area contributed by atoms with Crippen molar-refractivity contribution in [3.8, 4) is 11.5 Å². The third-order valence-electron chi connectivity index (χ3n) is 5.45. The van der Waals surface area contributed by atoms with Crippen molar-refractivity contribution in [1.29, 1.82) is 0 Å². The molecule has 2 aliphatic heterocycles. The maximum absolute atomic E-state index is 12.4. The summed E-state index contributed by atoms with van der Waals surface area (Å²) < 4.78 is 16.9. The summed E-state index contributed by atoms with van der Waals surface area (Å²) in [5.41, 5.74) is 0.954. The molecule has 0 spiro atoms. The molecule has 7 heteroatoms. The first-order valence-electron chi connectivity index (χ1n) is 10.0. The lowest BCUT2D eigenvalue weighted by Crippen LogP contribution is -2.42. The van der Waals surface area contributed by atoms with Gasteiger partial charge in [-0.1, -0.05) is 6.07 Å². The number of nitrogens with one attached hydrogen (secondary N) is 1. The lowest BCUT2D eigenvalue weighted by Gasteiger charge is -2.30. The van der Waals surface area contributed by atoms with Crippen molar-refractivity contribution in [3.05, 3.63) is 23.8 Å². The van der Waals surface area contributed by atoms with E-state index in [-0.39, 0.29) is 23.8 Å². The second-order valence-corrected chi connectivity index (χ2v) is 7.43. The van der Waals surface area contributed by atoms with Gasteiger partial charge in [-0.3, -0.25) is 9.59 Å². The van der Waals surface area contributed by atoms with E-state index in [2.05, 4.69) is 5.32 Å².